The van der Waals surface area contributed by atoms with Crippen LogP contribution in [0.5, 0.6) is 0 Å². The van der Waals surface area contributed by atoms with Crippen LogP contribution in [0.4, 0.5) is 11.5 Å². The fraction of sp³-hybridized carbons (Fsp3) is 0.280. The van der Waals surface area contributed by atoms with Crippen molar-refractivity contribution in [3.63, 3.8) is 0 Å². The van der Waals surface area contributed by atoms with E-state index in [0.29, 0.717) is 17.7 Å². The van der Waals surface area contributed by atoms with Crippen molar-refractivity contribution in [3.8, 4) is 0 Å². The van der Waals surface area contributed by atoms with E-state index in [1.165, 1.54) is 11.1 Å². The Balaban J connectivity index is 2.14. The van der Waals surface area contributed by atoms with Crippen LogP contribution in [0.15, 0.2) is 71.7 Å². The standard InChI is InChI=1S/C25H29N3/c1-17(2)21-14-10-15-22(18(3)4)24(21)28-25(20-12-7-6-8-13-20)27-23-16-9-11-19(5)26-23/h6-18H,1-5H3,(H,26,27,28). The van der Waals surface area contributed by atoms with Gasteiger partial charge in [0.2, 0.25) is 0 Å². The van der Waals surface area contributed by atoms with Gasteiger partial charge in [0.15, 0.2) is 5.82 Å². The lowest BCUT2D eigenvalue weighted by Crippen LogP contribution is -2.17. The number of para-hydroxylation sites is 1. The molecule has 0 aliphatic carbocycles. The first-order valence-corrected chi connectivity index (χ1v) is 9.93. The maximum atomic E-state index is 4.88. The van der Waals surface area contributed by atoms with Gasteiger partial charge in [-0.3, -0.25) is 0 Å². The minimum atomic E-state index is 0.412. The molecule has 0 radical (unpaired) electrons. The molecule has 0 spiro atoms. The van der Waals surface area contributed by atoms with Crippen molar-refractivity contribution in [2.24, 2.45) is 4.99 Å². The van der Waals surface area contributed by atoms with Gasteiger partial charge in [0.25, 0.3) is 0 Å². The van der Waals surface area contributed by atoms with Crippen molar-refractivity contribution in [1.82, 2.24) is 4.98 Å². The molecule has 0 fully saturated rings. The second kappa shape index (κ2) is 8.83. The predicted molar refractivity (Wildman–Crippen MR) is 120 cm³/mol. The molecule has 3 heteroatoms. The number of aromatic nitrogens is 1. The first-order valence-electron chi connectivity index (χ1n) is 9.93. The molecule has 1 heterocycles. The van der Waals surface area contributed by atoms with Gasteiger partial charge in [0.05, 0.1) is 0 Å². The van der Waals surface area contributed by atoms with Gasteiger partial charge in [-0.05, 0) is 42.0 Å². The summed E-state index contributed by atoms with van der Waals surface area (Å²) >= 11 is 0. The summed E-state index contributed by atoms with van der Waals surface area (Å²) < 4.78 is 0. The third-order valence-electron chi connectivity index (χ3n) is 4.76. The maximum Gasteiger partial charge on any atom is 0.154 e. The number of benzene rings is 2. The number of hydrogen-bond acceptors (Lipinski definition) is 2. The topological polar surface area (TPSA) is 37.3 Å². The summed E-state index contributed by atoms with van der Waals surface area (Å²) in [7, 11) is 0. The summed E-state index contributed by atoms with van der Waals surface area (Å²) in [5.41, 5.74) is 5.75. The highest BCUT2D eigenvalue weighted by atomic mass is 15.0. The Labute approximate surface area is 168 Å². The number of amidine groups is 1. The molecule has 3 nitrogen and oxygen atoms in total. The molecule has 1 N–H and O–H groups in total. The zero-order chi connectivity index (χ0) is 20.1. The minimum absolute atomic E-state index is 0.412. The van der Waals surface area contributed by atoms with Crippen LogP contribution in [-0.2, 0) is 0 Å². The monoisotopic (exact) mass is 371 g/mol. The molecule has 0 saturated heterocycles. The second-order valence-electron chi connectivity index (χ2n) is 7.71. The zero-order valence-corrected chi connectivity index (χ0v) is 17.4. The normalized spacial score (nSPS) is 11.9. The third kappa shape index (κ3) is 4.66. The molecule has 144 valence electrons. The number of rotatable bonds is 5. The van der Waals surface area contributed by atoms with Crippen molar-refractivity contribution in [2.45, 2.75) is 46.5 Å². The van der Waals surface area contributed by atoms with Gasteiger partial charge in [-0.1, -0.05) is 82.3 Å². The Morgan fingerprint density at radius 3 is 1.96 bits per heavy atom. The van der Waals surface area contributed by atoms with E-state index in [4.69, 9.17) is 4.99 Å². The Kier molecular flexibility index (Phi) is 6.25. The van der Waals surface area contributed by atoms with Crippen molar-refractivity contribution >= 4 is 17.3 Å². The van der Waals surface area contributed by atoms with E-state index in [2.05, 4.69) is 68.3 Å². The number of aryl methyl sites for hydroxylation is 1. The van der Waals surface area contributed by atoms with E-state index < -0.39 is 0 Å². The highest BCUT2D eigenvalue weighted by Crippen LogP contribution is 2.33. The van der Waals surface area contributed by atoms with Crippen LogP contribution in [0.3, 0.4) is 0 Å². The highest BCUT2D eigenvalue weighted by Gasteiger charge is 2.16. The summed E-state index contributed by atoms with van der Waals surface area (Å²) in [5.74, 6) is 2.35. The summed E-state index contributed by atoms with van der Waals surface area (Å²) in [6.45, 7) is 10.9. The average molecular weight is 372 g/mol. The van der Waals surface area contributed by atoms with Gasteiger partial charge in [-0.2, -0.15) is 0 Å². The Hall–Kier alpha value is -2.94. The van der Waals surface area contributed by atoms with Gasteiger partial charge in [0, 0.05) is 16.9 Å². The molecular formula is C25H29N3. The van der Waals surface area contributed by atoms with Gasteiger partial charge in [-0.15, -0.1) is 0 Å². The molecule has 0 amide bonds. The molecule has 2 aromatic carbocycles. The average Bonchev–Trinajstić information content (AvgIpc) is 2.68. The highest BCUT2D eigenvalue weighted by molar-refractivity contribution is 6.10. The lowest BCUT2D eigenvalue weighted by atomic mass is 9.92. The van der Waals surface area contributed by atoms with Crippen molar-refractivity contribution in [3.05, 3.63) is 89.1 Å². The van der Waals surface area contributed by atoms with Gasteiger partial charge >= 0.3 is 0 Å². The zero-order valence-electron chi connectivity index (χ0n) is 17.4. The molecule has 3 rings (SSSR count). The van der Waals surface area contributed by atoms with Gasteiger partial charge < -0.3 is 5.32 Å². The summed E-state index contributed by atoms with van der Waals surface area (Å²) in [5, 5.41) is 3.67. The van der Waals surface area contributed by atoms with Crippen LogP contribution < -0.4 is 5.32 Å². The Bertz CT molecular complexity index is 930. The van der Waals surface area contributed by atoms with Gasteiger partial charge in [-0.25, -0.2) is 9.98 Å². The second-order valence-corrected chi connectivity index (χ2v) is 7.71. The molecule has 0 unspecified atom stereocenters. The molecule has 1 aromatic heterocycles. The Morgan fingerprint density at radius 1 is 0.786 bits per heavy atom. The number of nitrogens with zero attached hydrogens (tertiary/aromatic N) is 2. The number of anilines is 1. The molecule has 0 aliphatic rings. The lowest BCUT2D eigenvalue weighted by Gasteiger charge is -2.22. The summed E-state index contributed by atoms with van der Waals surface area (Å²) in [6.07, 6.45) is 0. The van der Waals surface area contributed by atoms with Crippen molar-refractivity contribution in [1.29, 1.82) is 0 Å². The van der Waals surface area contributed by atoms with E-state index in [9.17, 15) is 0 Å². The number of nitrogens with one attached hydrogen (secondary N) is 1. The Morgan fingerprint density at radius 2 is 1.39 bits per heavy atom. The molecule has 0 bridgehead atoms. The predicted octanol–water partition coefficient (Wildman–Crippen LogP) is 6.83. The van der Waals surface area contributed by atoms with E-state index in [0.717, 1.165) is 22.8 Å². The molecule has 28 heavy (non-hydrogen) atoms. The number of hydrogen-bond donors (Lipinski definition) is 1. The fourth-order valence-corrected chi connectivity index (χ4v) is 3.28. The van der Waals surface area contributed by atoms with Crippen LogP contribution in [-0.4, -0.2) is 10.8 Å². The van der Waals surface area contributed by atoms with Gasteiger partial charge in [0.1, 0.15) is 5.84 Å². The van der Waals surface area contributed by atoms with Crippen molar-refractivity contribution in [2.75, 3.05) is 5.32 Å². The molecule has 0 aliphatic heterocycles. The largest absolute Gasteiger partial charge is 0.339 e. The van der Waals surface area contributed by atoms with Crippen LogP contribution >= 0.6 is 0 Å². The third-order valence-corrected chi connectivity index (χ3v) is 4.76. The SMILES string of the molecule is Cc1cccc(/N=C(\Nc2c(C(C)C)cccc2C(C)C)c2ccccc2)n1. The summed E-state index contributed by atoms with van der Waals surface area (Å²) in [4.78, 5) is 9.45. The van der Waals surface area contributed by atoms with E-state index in [1.807, 2.05) is 43.3 Å². The van der Waals surface area contributed by atoms with Crippen LogP contribution in [0.2, 0.25) is 0 Å². The first-order chi connectivity index (χ1) is 13.5. The van der Waals surface area contributed by atoms with E-state index >= 15 is 0 Å². The van der Waals surface area contributed by atoms with Crippen LogP contribution in [0, 0.1) is 6.92 Å². The van der Waals surface area contributed by atoms with E-state index in [-0.39, 0.29) is 0 Å². The van der Waals surface area contributed by atoms with Crippen molar-refractivity contribution < 1.29 is 0 Å². The first kappa shape index (κ1) is 19.8. The van der Waals surface area contributed by atoms with E-state index in [1.54, 1.807) is 0 Å². The number of pyridine rings is 1. The molecule has 0 atom stereocenters. The quantitative estimate of drug-likeness (QED) is 0.394. The number of aliphatic imine (C=N–C) groups is 1. The maximum absolute atomic E-state index is 4.88. The fourth-order valence-electron chi connectivity index (χ4n) is 3.28. The van der Waals surface area contributed by atoms with Crippen LogP contribution in [0.1, 0.15) is 61.9 Å². The van der Waals surface area contributed by atoms with Crippen LogP contribution in [0.25, 0.3) is 0 Å². The minimum Gasteiger partial charge on any atom is -0.339 e. The smallest absolute Gasteiger partial charge is 0.154 e. The summed E-state index contributed by atoms with van der Waals surface area (Å²) in [6, 6.07) is 22.7. The molecular weight excluding hydrogens is 342 g/mol. The molecule has 0 saturated carbocycles. The molecule has 3 aromatic rings. The lowest BCUT2D eigenvalue weighted by molar-refractivity contribution is 0.839.